The Bertz CT molecular complexity index is 1400. The number of allylic oxidation sites excluding steroid dienone is 13. The molecule has 1 aliphatic rings. The highest BCUT2D eigenvalue weighted by Crippen LogP contribution is 2.43. The Labute approximate surface area is 353 Å². The minimum atomic E-state index is -4.68. The van der Waals surface area contributed by atoms with Gasteiger partial charge < -0.3 is 29.7 Å². The molecule has 0 heterocycles. The Morgan fingerprint density at radius 3 is 2.08 bits per heavy atom. The second-order valence-corrected chi connectivity index (χ2v) is 16.1. The van der Waals surface area contributed by atoms with Crippen molar-refractivity contribution in [3.05, 3.63) is 85.1 Å². The third-order valence-electron chi connectivity index (χ3n) is 9.28. The lowest BCUT2D eigenvalue weighted by Gasteiger charge is -2.20. The fourth-order valence-corrected chi connectivity index (χ4v) is 6.64. The standard InChI is InChI=1S/C46H73O12P/c1-3-5-7-8-9-10-11-12-13-14-15-16-17-18-19-20-26-30-46(52)58-42(38-57-59(53,54)56-36-41(49)35-47)37-55-45(51)29-25-22-21-24-27-39-31-34-44(50)43(39)33-32-40(48)28-23-6-4-2/h5,7,9-10,12-13,15-16,21,24,31-34,39-43,47-49H,3-4,6,8,11,14,17-20,22-23,25-30,35-38H2,1-2H3,(H,53,54)/b7-5-,10-9-,13-12-,16-15-,24-21-,33-32+/t39-,40-,41-,42+,43+/m0/s1. The molecule has 6 atom stereocenters. The SMILES string of the molecule is CC/C=C\C/C=C\C/C=C\C/C=C\CCCCCCC(=O)O[C@H](COC(=O)CCC/C=C\C[C@H]1C=CC(=O)[C@@H]1/C=C/[C@@H](O)CCCCC)COP(=O)(O)OC[C@@H](O)CO. The number of ketones is 1. The maximum atomic E-state index is 12.6. The van der Waals surface area contributed by atoms with Gasteiger partial charge in [-0.25, -0.2) is 4.57 Å². The maximum absolute atomic E-state index is 12.6. The minimum absolute atomic E-state index is 0.00523. The van der Waals surface area contributed by atoms with Crippen LogP contribution >= 0.6 is 7.82 Å². The van der Waals surface area contributed by atoms with Gasteiger partial charge in [0.2, 0.25) is 0 Å². The van der Waals surface area contributed by atoms with Crippen molar-refractivity contribution in [1.29, 1.82) is 0 Å². The fourth-order valence-electron chi connectivity index (χ4n) is 5.86. The molecule has 0 bridgehead atoms. The van der Waals surface area contributed by atoms with Gasteiger partial charge in [-0.15, -0.1) is 0 Å². The van der Waals surface area contributed by atoms with Gasteiger partial charge in [-0.1, -0.05) is 125 Å². The summed E-state index contributed by atoms with van der Waals surface area (Å²) in [6.07, 6.45) is 38.9. The number of phosphoric acid groups is 1. The number of ether oxygens (including phenoxy) is 2. The fraction of sp³-hybridized carbons (Fsp3) is 0.630. The highest BCUT2D eigenvalue weighted by Gasteiger charge is 2.28. The van der Waals surface area contributed by atoms with Crippen LogP contribution in [-0.4, -0.2) is 82.7 Å². The summed E-state index contributed by atoms with van der Waals surface area (Å²) in [5.41, 5.74) is 0. The molecule has 0 radical (unpaired) electrons. The van der Waals surface area contributed by atoms with Gasteiger partial charge in [0.05, 0.1) is 25.9 Å². The van der Waals surface area contributed by atoms with Gasteiger partial charge >= 0.3 is 19.8 Å². The van der Waals surface area contributed by atoms with E-state index < -0.39 is 64.5 Å². The van der Waals surface area contributed by atoms with E-state index in [1.807, 2.05) is 24.3 Å². The molecule has 0 saturated carbocycles. The molecule has 1 aliphatic carbocycles. The number of phosphoric ester groups is 1. The summed E-state index contributed by atoms with van der Waals surface area (Å²) >= 11 is 0. The quantitative estimate of drug-likeness (QED) is 0.0203. The first-order valence-corrected chi connectivity index (χ1v) is 23.1. The molecule has 0 aromatic heterocycles. The van der Waals surface area contributed by atoms with E-state index >= 15 is 0 Å². The molecular formula is C46H73O12P. The predicted octanol–water partition coefficient (Wildman–Crippen LogP) is 9.06. The van der Waals surface area contributed by atoms with Gasteiger partial charge in [-0.3, -0.25) is 23.4 Å². The van der Waals surface area contributed by atoms with Crippen LogP contribution in [0.5, 0.6) is 0 Å². The molecule has 13 heteroatoms. The number of aliphatic hydroxyl groups excluding tert-OH is 3. The van der Waals surface area contributed by atoms with Gasteiger partial charge in [0, 0.05) is 18.8 Å². The molecule has 0 amide bonds. The highest BCUT2D eigenvalue weighted by atomic mass is 31.2. The van der Waals surface area contributed by atoms with E-state index in [4.69, 9.17) is 19.1 Å². The van der Waals surface area contributed by atoms with Gasteiger partial charge in [0.25, 0.3) is 0 Å². The highest BCUT2D eigenvalue weighted by molar-refractivity contribution is 7.47. The van der Waals surface area contributed by atoms with Crippen molar-refractivity contribution in [2.45, 2.75) is 148 Å². The normalized spacial score (nSPS) is 18.6. The van der Waals surface area contributed by atoms with Crippen LogP contribution in [0.25, 0.3) is 0 Å². The molecule has 1 rings (SSSR count). The number of rotatable bonds is 36. The number of esters is 2. The number of carbonyl (C=O) groups is 3. The van der Waals surface area contributed by atoms with Crippen LogP contribution in [0.15, 0.2) is 85.1 Å². The zero-order valence-electron chi connectivity index (χ0n) is 35.5. The Balaban J connectivity index is 2.46. The van der Waals surface area contributed by atoms with Crippen LogP contribution in [0, 0.1) is 11.8 Å². The molecule has 0 fully saturated rings. The molecule has 0 aromatic carbocycles. The molecular weight excluding hydrogens is 775 g/mol. The first kappa shape index (κ1) is 53.8. The van der Waals surface area contributed by atoms with Crippen molar-refractivity contribution in [1.82, 2.24) is 0 Å². The zero-order valence-corrected chi connectivity index (χ0v) is 36.4. The van der Waals surface area contributed by atoms with Crippen molar-refractivity contribution >= 4 is 25.5 Å². The second kappa shape index (κ2) is 35.5. The molecule has 0 spiro atoms. The molecule has 334 valence electrons. The lowest BCUT2D eigenvalue weighted by Crippen LogP contribution is -2.29. The van der Waals surface area contributed by atoms with E-state index in [-0.39, 0.29) is 30.5 Å². The van der Waals surface area contributed by atoms with Crippen molar-refractivity contribution in [2.75, 3.05) is 26.4 Å². The Kier molecular flexibility index (Phi) is 32.4. The average molecular weight is 849 g/mol. The Hall–Kier alpha value is -3.22. The number of hydrogen-bond acceptors (Lipinski definition) is 11. The topological polar surface area (TPSA) is 186 Å². The van der Waals surface area contributed by atoms with Crippen molar-refractivity contribution in [3.8, 4) is 0 Å². The van der Waals surface area contributed by atoms with Crippen LogP contribution in [-0.2, 0) is 37.5 Å². The summed E-state index contributed by atoms with van der Waals surface area (Å²) in [7, 11) is -4.68. The summed E-state index contributed by atoms with van der Waals surface area (Å²) < 4.78 is 32.7. The van der Waals surface area contributed by atoms with Crippen LogP contribution in [0.4, 0.5) is 0 Å². The summed E-state index contributed by atoms with van der Waals surface area (Å²) in [6.45, 7) is 1.89. The monoisotopic (exact) mass is 848 g/mol. The molecule has 0 saturated heterocycles. The first-order chi connectivity index (χ1) is 28.5. The summed E-state index contributed by atoms with van der Waals surface area (Å²) in [5.74, 6) is -1.38. The van der Waals surface area contributed by atoms with E-state index in [1.165, 1.54) is 0 Å². The minimum Gasteiger partial charge on any atom is -0.462 e. The van der Waals surface area contributed by atoms with Crippen molar-refractivity contribution in [2.24, 2.45) is 11.8 Å². The van der Waals surface area contributed by atoms with E-state index in [9.17, 15) is 34.1 Å². The van der Waals surface area contributed by atoms with Crippen LogP contribution < -0.4 is 0 Å². The number of aliphatic hydroxyl groups is 3. The third-order valence-corrected chi connectivity index (χ3v) is 10.2. The maximum Gasteiger partial charge on any atom is 0.472 e. The number of hydrogen-bond donors (Lipinski definition) is 4. The lowest BCUT2D eigenvalue weighted by molar-refractivity contribution is -0.161. The van der Waals surface area contributed by atoms with Crippen molar-refractivity contribution < 1.29 is 57.7 Å². The molecule has 59 heavy (non-hydrogen) atoms. The molecule has 4 N–H and O–H groups in total. The van der Waals surface area contributed by atoms with E-state index in [1.54, 1.807) is 12.2 Å². The Morgan fingerprint density at radius 1 is 0.763 bits per heavy atom. The summed E-state index contributed by atoms with van der Waals surface area (Å²) in [6, 6.07) is 0. The average Bonchev–Trinajstić information content (AvgIpc) is 3.57. The van der Waals surface area contributed by atoms with Crippen LogP contribution in [0.1, 0.15) is 129 Å². The summed E-state index contributed by atoms with van der Waals surface area (Å²) in [5, 5.41) is 28.6. The predicted molar refractivity (Wildman–Crippen MR) is 232 cm³/mol. The molecule has 1 unspecified atom stereocenters. The Morgan fingerprint density at radius 2 is 1.39 bits per heavy atom. The van der Waals surface area contributed by atoms with Gasteiger partial charge in [0.15, 0.2) is 11.9 Å². The second-order valence-electron chi connectivity index (χ2n) is 14.6. The van der Waals surface area contributed by atoms with E-state index in [0.717, 1.165) is 70.6 Å². The zero-order chi connectivity index (χ0) is 43.4. The summed E-state index contributed by atoms with van der Waals surface area (Å²) in [4.78, 5) is 47.5. The van der Waals surface area contributed by atoms with Gasteiger partial charge in [-0.2, -0.15) is 0 Å². The van der Waals surface area contributed by atoms with Crippen LogP contribution in [0.3, 0.4) is 0 Å². The lowest BCUT2D eigenvalue weighted by atomic mass is 9.90. The van der Waals surface area contributed by atoms with E-state index in [2.05, 4.69) is 67.0 Å². The van der Waals surface area contributed by atoms with Gasteiger partial charge in [0.1, 0.15) is 12.7 Å². The largest absolute Gasteiger partial charge is 0.472 e. The smallest absolute Gasteiger partial charge is 0.462 e. The first-order valence-electron chi connectivity index (χ1n) is 21.6. The third kappa shape index (κ3) is 30.5. The van der Waals surface area contributed by atoms with E-state index in [0.29, 0.717) is 32.1 Å². The van der Waals surface area contributed by atoms with Crippen molar-refractivity contribution in [3.63, 3.8) is 0 Å². The molecule has 0 aliphatic heterocycles. The number of unbranched alkanes of at least 4 members (excludes halogenated alkanes) is 7. The molecule has 12 nitrogen and oxygen atoms in total. The van der Waals surface area contributed by atoms with Crippen LogP contribution in [0.2, 0.25) is 0 Å². The molecule has 0 aromatic rings. The number of carbonyl (C=O) groups excluding carboxylic acids is 3. The van der Waals surface area contributed by atoms with Gasteiger partial charge in [-0.05, 0) is 82.6 Å².